The van der Waals surface area contributed by atoms with Gasteiger partial charge in [0.25, 0.3) is 0 Å². The Kier molecular flexibility index (Phi) is 6.28. The first-order valence-electron chi connectivity index (χ1n) is 10.6. The predicted molar refractivity (Wildman–Crippen MR) is 121 cm³/mol. The molecule has 3 nitrogen and oxygen atoms in total. The summed E-state index contributed by atoms with van der Waals surface area (Å²) in [5, 5.41) is 12.5. The number of piperidine rings is 1. The highest BCUT2D eigenvalue weighted by Crippen LogP contribution is 2.34. The molecule has 0 atom stereocenters. The van der Waals surface area contributed by atoms with Crippen LogP contribution in [-0.4, -0.2) is 19.7 Å². The van der Waals surface area contributed by atoms with E-state index in [4.69, 9.17) is 10.00 Å². The third-order valence-electron chi connectivity index (χ3n) is 6.08. The summed E-state index contributed by atoms with van der Waals surface area (Å²) in [5.41, 5.74) is 6.85. The summed E-state index contributed by atoms with van der Waals surface area (Å²) in [4.78, 5) is 0. The van der Waals surface area contributed by atoms with Gasteiger partial charge in [-0.25, -0.2) is 0 Å². The van der Waals surface area contributed by atoms with Crippen molar-refractivity contribution in [2.75, 3.05) is 19.7 Å². The van der Waals surface area contributed by atoms with Gasteiger partial charge in [-0.15, -0.1) is 0 Å². The number of benzene rings is 3. The molecule has 0 aliphatic carbocycles. The molecule has 0 saturated carbocycles. The molecule has 0 radical (unpaired) electrons. The van der Waals surface area contributed by atoms with Crippen molar-refractivity contribution in [3.05, 3.63) is 95.1 Å². The number of nitriles is 1. The molecule has 152 valence electrons. The van der Waals surface area contributed by atoms with Crippen LogP contribution >= 0.6 is 0 Å². The van der Waals surface area contributed by atoms with Crippen LogP contribution in [0.5, 0.6) is 0 Å². The van der Waals surface area contributed by atoms with Gasteiger partial charge in [0.2, 0.25) is 0 Å². The minimum absolute atomic E-state index is 0.0896. The second-order valence-electron chi connectivity index (χ2n) is 8.29. The number of hydrogen-bond acceptors (Lipinski definition) is 3. The molecule has 1 aliphatic rings. The molecule has 0 amide bonds. The molecule has 0 unspecified atom stereocenters. The SMILES string of the molecule is Cc1cc(COCC2(c3ccccc3)CCNCC2)cc(-c2ccc(C#N)cc2)c1. The van der Waals surface area contributed by atoms with Crippen LogP contribution in [0.2, 0.25) is 0 Å². The highest BCUT2D eigenvalue weighted by molar-refractivity contribution is 5.66. The van der Waals surface area contributed by atoms with Crippen molar-refractivity contribution in [3.63, 3.8) is 0 Å². The van der Waals surface area contributed by atoms with E-state index in [1.807, 2.05) is 24.3 Å². The molecule has 3 aromatic rings. The van der Waals surface area contributed by atoms with Crippen molar-refractivity contribution < 1.29 is 4.74 Å². The molecular weight excluding hydrogens is 368 g/mol. The van der Waals surface area contributed by atoms with Gasteiger partial charge in [-0.3, -0.25) is 0 Å². The van der Waals surface area contributed by atoms with E-state index < -0.39 is 0 Å². The van der Waals surface area contributed by atoms with Crippen LogP contribution in [0.15, 0.2) is 72.8 Å². The average molecular weight is 397 g/mol. The first-order valence-corrected chi connectivity index (χ1v) is 10.6. The summed E-state index contributed by atoms with van der Waals surface area (Å²) >= 11 is 0. The standard InChI is InChI=1S/C27H28N2O/c1-21-15-23(17-25(16-21)24-9-7-22(18-28)8-10-24)19-30-20-27(11-13-29-14-12-27)26-5-3-2-4-6-26/h2-10,15-17,29H,11-14,19-20H2,1H3. The summed E-state index contributed by atoms with van der Waals surface area (Å²) in [6, 6.07) is 27.3. The predicted octanol–water partition coefficient (Wildman–Crippen LogP) is 5.37. The molecule has 1 aliphatic heterocycles. The van der Waals surface area contributed by atoms with Crippen LogP contribution in [0.1, 0.15) is 35.1 Å². The zero-order chi connectivity index (χ0) is 20.8. The van der Waals surface area contributed by atoms with Crippen molar-refractivity contribution in [2.24, 2.45) is 0 Å². The minimum Gasteiger partial charge on any atom is -0.376 e. The van der Waals surface area contributed by atoms with Gasteiger partial charge in [-0.05, 0) is 73.3 Å². The van der Waals surface area contributed by atoms with Crippen molar-refractivity contribution in [1.29, 1.82) is 5.26 Å². The van der Waals surface area contributed by atoms with E-state index in [2.05, 4.69) is 66.8 Å². The summed E-state index contributed by atoms with van der Waals surface area (Å²) in [6.07, 6.45) is 2.20. The largest absolute Gasteiger partial charge is 0.376 e. The fourth-order valence-corrected chi connectivity index (χ4v) is 4.43. The zero-order valence-corrected chi connectivity index (χ0v) is 17.5. The van der Waals surface area contributed by atoms with Crippen LogP contribution in [0.4, 0.5) is 0 Å². The van der Waals surface area contributed by atoms with Gasteiger partial charge in [-0.1, -0.05) is 60.2 Å². The van der Waals surface area contributed by atoms with Gasteiger partial charge in [0, 0.05) is 5.41 Å². The molecule has 30 heavy (non-hydrogen) atoms. The van der Waals surface area contributed by atoms with Crippen LogP contribution in [-0.2, 0) is 16.8 Å². The van der Waals surface area contributed by atoms with Crippen molar-refractivity contribution in [3.8, 4) is 17.2 Å². The van der Waals surface area contributed by atoms with E-state index in [1.165, 1.54) is 16.7 Å². The number of aryl methyl sites for hydroxylation is 1. The van der Waals surface area contributed by atoms with Gasteiger partial charge in [-0.2, -0.15) is 5.26 Å². The van der Waals surface area contributed by atoms with Crippen LogP contribution in [0, 0.1) is 18.3 Å². The molecule has 0 aromatic heterocycles. The maximum Gasteiger partial charge on any atom is 0.0991 e. The van der Waals surface area contributed by atoms with E-state index >= 15 is 0 Å². The summed E-state index contributed by atoms with van der Waals surface area (Å²) in [7, 11) is 0. The van der Waals surface area contributed by atoms with Crippen LogP contribution < -0.4 is 5.32 Å². The lowest BCUT2D eigenvalue weighted by molar-refractivity contribution is 0.0565. The highest BCUT2D eigenvalue weighted by atomic mass is 16.5. The van der Waals surface area contributed by atoms with E-state index in [-0.39, 0.29) is 5.41 Å². The fraction of sp³-hybridized carbons (Fsp3) is 0.296. The maximum absolute atomic E-state index is 9.02. The normalized spacial score (nSPS) is 15.5. The average Bonchev–Trinajstić information content (AvgIpc) is 2.80. The number of nitrogens with zero attached hydrogens (tertiary/aromatic N) is 1. The molecule has 1 fully saturated rings. The van der Waals surface area contributed by atoms with E-state index in [0.717, 1.165) is 43.7 Å². The Morgan fingerprint density at radius 1 is 0.933 bits per heavy atom. The van der Waals surface area contributed by atoms with E-state index in [1.54, 1.807) is 0 Å². The van der Waals surface area contributed by atoms with Crippen LogP contribution in [0.3, 0.4) is 0 Å². The second-order valence-corrected chi connectivity index (χ2v) is 8.29. The summed E-state index contributed by atoms with van der Waals surface area (Å²) in [6.45, 7) is 5.53. The molecule has 1 N–H and O–H groups in total. The highest BCUT2D eigenvalue weighted by Gasteiger charge is 2.34. The molecule has 0 spiro atoms. The fourth-order valence-electron chi connectivity index (χ4n) is 4.43. The first-order chi connectivity index (χ1) is 14.7. The second kappa shape index (κ2) is 9.26. The molecule has 1 heterocycles. The number of ether oxygens (including phenoxy) is 1. The topological polar surface area (TPSA) is 45.0 Å². The lowest BCUT2D eigenvalue weighted by Gasteiger charge is -2.38. The summed E-state index contributed by atoms with van der Waals surface area (Å²) < 4.78 is 6.33. The lowest BCUT2D eigenvalue weighted by atomic mass is 9.74. The Balaban J connectivity index is 1.49. The van der Waals surface area contributed by atoms with Crippen molar-refractivity contribution in [1.82, 2.24) is 5.32 Å². The molecule has 3 aromatic carbocycles. The molecule has 1 saturated heterocycles. The molecular formula is C27H28N2O. The third-order valence-corrected chi connectivity index (χ3v) is 6.08. The smallest absolute Gasteiger partial charge is 0.0991 e. The van der Waals surface area contributed by atoms with Gasteiger partial charge in [0.15, 0.2) is 0 Å². The Morgan fingerprint density at radius 2 is 1.67 bits per heavy atom. The Bertz CT molecular complexity index is 1010. The van der Waals surface area contributed by atoms with Crippen molar-refractivity contribution >= 4 is 0 Å². The molecule has 3 heteroatoms. The monoisotopic (exact) mass is 396 g/mol. The number of hydrogen-bond donors (Lipinski definition) is 1. The first kappa shape index (κ1) is 20.3. The van der Waals surface area contributed by atoms with Crippen LogP contribution in [0.25, 0.3) is 11.1 Å². The number of nitrogens with one attached hydrogen (secondary N) is 1. The lowest BCUT2D eigenvalue weighted by Crippen LogP contribution is -2.43. The number of rotatable bonds is 6. The van der Waals surface area contributed by atoms with Gasteiger partial charge < -0.3 is 10.1 Å². The van der Waals surface area contributed by atoms with E-state index in [0.29, 0.717) is 12.2 Å². The maximum atomic E-state index is 9.02. The Labute approximate surface area is 179 Å². The van der Waals surface area contributed by atoms with Gasteiger partial charge in [0.05, 0.1) is 24.8 Å². The van der Waals surface area contributed by atoms with Crippen molar-refractivity contribution in [2.45, 2.75) is 31.8 Å². The molecule has 4 rings (SSSR count). The molecule has 0 bridgehead atoms. The zero-order valence-electron chi connectivity index (χ0n) is 17.5. The Hall–Kier alpha value is -2.93. The minimum atomic E-state index is 0.0896. The van der Waals surface area contributed by atoms with E-state index in [9.17, 15) is 0 Å². The quantitative estimate of drug-likeness (QED) is 0.609. The third kappa shape index (κ3) is 4.62. The van der Waals surface area contributed by atoms with Gasteiger partial charge in [0.1, 0.15) is 0 Å². The summed E-state index contributed by atoms with van der Waals surface area (Å²) in [5.74, 6) is 0. The van der Waals surface area contributed by atoms with Gasteiger partial charge >= 0.3 is 0 Å². The Morgan fingerprint density at radius 3 is 2.37 bits per heavy atom.